The Morgan fingerprint density at radius 3 is 2.45 bits per heavy atom. The number of anilines is 2. The Kier molecular flexibility index (Phi) is 4.39. The average Bonchev–Trinajstić information content (AvgIpc) is 2.41. The van der Waals surface area contributed by atoms with Crippen molar-refractivity contribution in [1.29, 1.82) is 0 Å². The Bertz CT molecular complexity index is 628. The molecule has 0 aliphatic rings. The van der Waals surface area contributed by atoms with Crippen molar-refractivity contribution in [3.63, 3.8) is 0 Å². The second kappa shape index (κ2) is 6.05. The third kappa shape index (κ3) is 2.99. The van der Waals surface area contributed by atoms with Crippen LogP contribution < -0.4 is 10.6 Å². The number of carbonyl (C=O) groups excluding carboxylic acids is 1. The second-order valence-corrected chi connectivity index (χ2v) is 5.17. The molecule has 0 unspecified atom stereocenters. The minimum absolute atomic E-state index is 0.205. The number of benzene rings is 2. The zero-order valence-electron chi connectivity index (χ0n) is 10.9. The lowest BCUT2D eigenvalue weighted by Gasteiger charge is -2.22. The van der Waals surface area contributed by atoms with Gasteiger partial charge in [-0.2, -0.15) is 0 Å². The lowest BCUT2D eigenvalue weighted by molar-refractivity contribution is 0.0989. The molecule has 20 heavy (non-hydrogen) atoms. The standard InChI is InChI=1S/C15H14BrFN2O/c1-2-19(12-6-4-11(17)5-7-12)15(20)13-8-3-10(16)9-14(13)18/h3-9H,2,18H2,1H3. The van der Waals surface area contributed by atoms with Gasteiger partial charge in [0.1, 0.15) is 5.82 Å². The van der Waals surface area contributed by atoms with Gasteiger partial charge in [0.05, 0.1) is 5.56 Å². The first-order chi connectivity index (χ1) is 9.52. The molecule has 0 saturated carbocycles. The molecule has 0 radical (unpaired) electrons. The number of amides is 1. The summed E-state index contributed by atoms with van der Waals surface area (Å²) in [5.41, 5.74) is 7.36. The van der Waals surface area contributed by atoms with Crippen LogP contribution in [0.15, 0.2) is 46.9 Å². The van der Waals surface area contributed by atoms with E-state index in [9.17, 15) is 9.18 Å². The molecule has 0 aliphatic carbocycles. The number of hydrogen-bond donors (Lipinski definition) is 1. The highest BCUT2D eigenvalue weighted by Gasteiger charge is 2.18. The number of rotatable bonds is 3. The Morgan fingerprint density at radius 1 is 1.25 bits per heavy atom. The van der Waals surface area contributed by atoms with Gasteiger partial charge in [0.2, 0.25) is 0 Å². The van der Waals surface area contributed by atoms with E-state index in [0.717, 1.165) is 4.47 Å². The number of nitrogens with two attached hydrogens (primary N) is 1. The summed E-state index contributed by atoms with van der Waals surface area (Å²) >= 11 is 3.31. The van der Waals surface area contributed by atoms with Crippen LogP contribution in [0.1, 0.15) is 17.3 Å². The predicted octanol–water partition coefficient (Wildman–Crippen LogP) is 3.84. The van der Waals surface area contributed by atoms with Gasteiger partial charge in [0, 0.05) is 22.4 Å². The van der Waals surface area contributed by atoms with Crippen molar-refractivity contribution >= 4 is 33.2 Å². The van der Waals surface area contributed by atoms with E-state index in [-0.39, 0.29) is 11.7 Å². The van der Waals surface area contributed by atoms with E-state index in [4.69, 9.17) is 5.73 Å². The molecule has 0 heterocycles. The molecule has 0 aliphatic heterocycles. The van der Waals surface area contributed by atoms with Crippen molar-refractivity contribution in [3.05, 3.63) is 58.3 Å². The van der Waals surface area contributed by atoms with Crippen molar-refractivity contribution in [2.75, 3.05) is 17.2 Å². The SMILES string of the molecule is CCN(C(=O)c1ccc(Br)cc1N)c1ccc(F)cc1. The molecule has 0 bridgehead atoms. The van der Waals surface area contributed by atoms with Gasteiger partial charge in [0.25, 0.3) is 5.91 Å². The minimum Gasteiger partial charge on any atom is -0.398 e. The van der Waals surface area contributed by atoms with Gasteiger partial charge in [-0.15, -0.1) is 0 Å². The van der Waals surface area contributed by atoms with Crippen LogP contribution in [-0.2, 0) is 0 Å². The summed E-state index contributed by atoms with van der Waals surface area (Å²) in [5.74, 6) is -0.537. The van der Waals surface area contributed by atoms with Crippen LogP contribution >= 0.6 is 15.9 Å². The van der Waals surface area contributed by atoms with E-state index in [2.05, 4.69) is 15.9 Å². The molecule has 0 spiro atoms. The number of halogens is 2. The lowest BCUT2D eigenvalue weighted by Crippen LogP contribution is -2.31. The van der Waals surface area contributed by atoms with Crippen molar-refractivity contribution in [1.82, 2.24) is 0 Å². The van der Waals surface area contributed by atoms with Crippen LogP contribution in [0.25, 0.3) is 0 Å². The first-order valence-electron chi connectivity index (χ1n) is 6.15. The molecule has 2 aromatic rings. The van der Waals surface area contributed by atoms with E-state index in [1.54, 1.807) is 35.2 Å². The monoisotopic (exact) mass is 336 g/mol. The van der Waals surface area contributed by atoms with E-state index in [0.29, 0.717) is 23.5 Å². The van der Waals surface area contributed by atoms with Crippen molar-refractivity contribution in [2.45, 2.75) is 6.92 Å². The largest absolute Gasteiger partial charge is 0.398 e. The highest BCUT2D eigenvalue weighted by Crippen LogP contribution is 2.23. The van der Waals surface area contributed by atoms with Crippen molar-refractivity contribution in [3.8, 4) is 0 Å². The van der Waals surface area contributed by atoms with E-state index >= 15 is 0 Å². The van der Waals surface area contributed by atoms with Crippen LogP contribution in [0.5, 0.6) is 0 Å². The zero-order valence-corrected chi connectivity index (χ0v) is 12.5. The van der Waals surface area contributed by atoms with Crippen LogP contribution in [0.2, 0.25) is 0 Å². The zero-order chi connectivity index (χ0) is 14.7. The summed E-state index contributed by atoms with van der Waals surface area (Å²) < 4.78 is 13.8. The molecule has 0 fully saturated rings. The van der Waals surface area contributed by atoms with Crippen LogP contribution in [0.4, 0.5) is 15.8 Å². The maximum Gasteiger partial charge on any atom is 0.260 e. The van der Waals surface area contributed by atoms with Crippen LogP contribution in [0.3, 0.4) is 0 Å². The topological polar surface area (TPSA) is 46.3 Å². The maximum atomic E-state index is 13.0. The maximum absolute atomic E-state index is 13.0. The van der Waals surface area contributed by atoms with Crippen LogP contribution in [0, 0.1) is 5.82 Å². The molecule has 3 nitrogen and oxygen atoms in total. The van der Waals surface area contributed by atoms with E-state index < -0.39 is 0 Å². The summed E-state index contributed by atoms with van der Waals surface area (Å²) in [7, 11) is 0. The minimum atomic E-state index is -0.333. The van der Waals surface area contributed by atoms with Crippen LogP contribution in [-0.4, -0.2) is 12.5 Å². The molecule has 1 amide bonds. The van der Waals surface area contributed by atoms with Gasteiger partial charge in [-0.05, 0) is 49.4 Å². The number of carbonyl (C=O) groups is 1. The Labute approximate surface area is 125 Å². The highest BCUT2D eigenvalue weighted by atomic mass is 79.9. The Hall–Kier alpha value is -1.88. The van der Waals surface area contributed by atoms with Gasteiger partial charge in [-0.1, -0.05) is 15.9 Å². The third-order valence-corrected chi connectivity index (χ3v) is 3.44. The Morgan fingerprint density at radius 2 is 1.90 bits per heavy atom. The lowest BCUT2D eigenvalue weighted by atomic mass is 10.1. The fourth-order valence-corrected chi connectivity index (χ4v) is 2.32. The average molecular weight is 337 g/mol. The second-order valence-electron chi connectivity index (χ2n) is 4.26. The highest BCUT2D eigenvalue weighted by molar-refractivity contribution is 9.10. The van der Waals surface area contributed by atoms with Gasteiger partial charge in [0.15, 0.2) is 0 Å². The molecule has 2 N–H and O–H groups in total. The molecular weight excluding hydrogens is 323 g/mol. The van der Waals surface area contributed by atoms with E-state index in [1.807, 2.05) is 6.92 Å². The molecule has 5 heteroatoms. The fraction of sp³-hybridized carbons (Fsp3) is 0.133. The van der Waals surface area contributed by atoms with Gasteiger partial charge >= 0.3 is 0 Å². The molecule has 2 aromatic carbocycles. The molecule has 0 atom stereocenters. The summed E-state index contributed by atoms with van der Waals surface area (Å²) in [6, 6.07) is 10.9. The number of nitrogens with zero attached hydrogens (tertiary/aromatic N) is 1. The first kappa shape index (κ1) is 14.5. The van der Waals surface area contributed by atoms with Gasteiger partial charge in [-0.25, -0.2) is 4.39 Å². The van der Waals surface area contributed by atoms with E-state index in [1.165, 1.54) is 12.1 Å². The summed E-state index contributed by atoms with van der Waals surface area (Å²) in [5, 5.41) is 0. The summed E-state index contributed by atoms with van der Waals surface area (Å²) in [6.07, 6.45) is 0. The smallest absolute Gasteiger partial charge is 0.260 e. The van der Waals surface area contributed by atoms with Crippen molar-refractivity contribution in [2.24, 2.45) is 0 Å². The Balaban J connectivity index is 2.36. The van der Waals surface area contributed by atoms with Crippen molar-refractivity contribution < 1.29 is 9.18 Å². The van der Waals surface area contributed by atoms with Gasteiger partial charge < -0.3 is 10.6 Å². The molecule has 104 valence electrons. The summed E-state index contributed by atoms with van der Waals surface area (Å²) in [4.78, 5) is 14.1. The predicted molar refractivity (Wildman–Crippen MR) is 82.3 cm³/mol. The molecule has 0 saturated heterocycles. The van der Waals surface area contributed by atoms with Gasteiger partial charge in [-0.3, -0.25) is 4.79 Å². The molecule has 2 rings (SSSR count). The fourth-order valence-electron chi connectivity index (χ4n) is 1.94. The number of nitrogen functional groups attached to an aromatic ring is 1. The summed E-state index contributed by atoms with van der Waals surface area (Å²) in [6.45, 7) is 2.33. The first-order valence-corrected chi connectivity index (χ1v) is 6.94. The molecular formula is C15H14BrFN2O. The number of hydrogen-bond acceptors (Lipinski definition) is 2. The third-order valence-electron chi connectivity index (χ3n) is 2.94. The molecule has 0 aromatic heterocycles. The quantitative estimate of drug-likeness (QED) is 0.865. The normalized spacial score (nSPS) is 10.3.